The predicted octanol–water partition coefficient (Wildman–Crippen LogP) is 1.57. The number of benzene rings is 1. The molecule has 136 valence electrons. The minimum absolute atomic E-state index is 0.0934. The van der Waals surface area contributed by atoms with Crippen LogP contribution in [0.25, 0.3) is 17.2 Å². The standard InChI is InChI=1S/C17H19N5O3S/c1-25-15-4-2-14(3-5-15)22-8-7-18-17(22)16-11-21(20-19-16)10-13-6-9-26(23,24)12-13/h2-5,7-8,11,13H,6,9-10,12H2,1H3/t13-/m0/s1. The Balaban J connectivity index is 1.56. The molecule has 1 atom stereocenters. The molecule has 0 bridgehead atoms. The summed E-state index contributed by atoms with van der Waals surface area (Å²) in [6.45, 7) is 0.551. The Morgan fingerprint density at radius 3 is 2.77 bits per heavy atom. The lowest BCUT2D eigenvalue weighted by atomic mass is 10.1. The number of rotatable bonds is 5. The highest BCUT2D eigenvalue weighted by Crippen LogP contribution is 2.23. The number of nitrogens with zero attached hydrogens (tertiary/aromatic N) is 5. The maximum atomic E-state index is 11.6. The molecule has 0 saturated carbocycles. The van der Waals surface area contributed by atoms with E-state index in [2.05, 4.69) is 15.3 Å². The van der Waals surface area contributed by atoms with Crippen LogP contribution in [0.4, 0.5) is 0 Å². The number of aromatic nitrogens is 5. The quantitative estimate of drug-likeness (QED) is 0.674. The largest absolute Gasteiger partial charge is 0.497 e. The Kier molecular flexibility index (Phi) is 4.23. The van der Waals surface area contributed by atoms with Crippen LogP contribution in [-0.2, 0) is 16.4 Å². The van der Waals surface area contributed by atoms with Crippen molar-refractivity contribution in [2.24, 2.45) is 5.92 Å². The molecule has 4 rings (SSSR count). The minimum atomic E-state index is -2.89. The Bertz CT molecular complexity index is 1010. The monoisotopic (exact) mass is 373 g/mol. The van der Waals surface area contributed by atoms with Crippen molar-refractivity contribution < 1.29 is 13.2 Å². The average Bonchev–Trinajstić information content (AvgIpc) is 3.35. The summed E-state index contributed by atoms with van der Waals surface area (Å²) >= 11 is 0. The molecule has 0 N–H and O–H groups in total. The molecule has 9 heteroatoms. The van der Waals surface area contributed by atoms with Crippen LogP contribution < -0.4 is 4.74 Å². The topological polar surface area (TPSA) is 91.9 Å². The summed E-state index contributed by atoms with van der Waals surface area (Å²) in [5.41, 5.74) is 1.58. The Morgan fingerprint density at radius 2 is 2.08 bits per heavy atom. The lowest BCUT2D eigenvalue weighted by Gasteiger charge is -2.07. The van der Waals surface area contributed by atoms with E-state index in [0.29, 0.717) is 24.5 Å². The van der Waals surface area contributed by atoms with Gasteiger partial charge in [0.05, 0.1) is 24.8 Å². The van der Waals surface area contributed by atoms with E-state index in [1.165, 1.54) is 0 Å². The fourth-order valence-corrected chi connectivity index (χ4v) is 5.06. The van der Waals surface area contributed by atoms with Gasteiger partial charge in [-0.3, -0.25) is 9.25 Å². The highest BCUT2D eigenvalue weighted by Gasteiger charge is 2.28. The highest BCUT2D eigenvalue weighted by molar-refractivity contribution is 7.91. The van der Waals surface area contributed by atoms with Crippen molar-refractivity contribution in [3.8, 4) is 23.0 Å². The van der Waals surface area contributed by atoms with E-state index < -0.39 is 9.84 Å². The van der Waals surface area contributed by atoms with E-state index >= 15 is 0 Å². The van der Waals surface area contributed by atoms with Gasteiger partial charge in [0.1, 0.15) is 11.4 Å². The molecule has 1 aliphatic rings. The van der Waals surface area contributed by atoms with Crippen LogP contribution in [0, 0.1) is 5.92 Å². The molecule has 3 heterocycles. The first-order valence-corrected chi connectivity index (χ1v) is 10.1. The fourth-order valence-electron chi connectivity index (χ4n) is 3.21. The second kappa shape index (κ2) is 6.56. The fraction of sp³-hybridized carbons (Fsp3) is 0.353. The molecule has 0 unspecified atom stereocenters. The lowest BCUT2D eigenvalue weighted by molar-refractivity contribution is 0.415. The molecule has 0 radical (unpaired) electrons. The van der Waals surface area contributed by atoms with Gasteiger partial charge in [-0.1, -0.05) is 5.21 Å². The van der Waals surface area contributed by atoms with Crippen molar-refractivity contribution in [3.05, 3.63) is 42.9 Å². The minimum Gasteiger partial charge on any atom is -0.497 e. The van der Waals surface area contributed by atoms with Crippen LogP contribution in [0.5, 0.6) is 5.75 Å². The first-order valence-electron chi connectivity index (χ1n) is 8.33. The van der Waals surface area contributed by atoms with Crippen LogP contribution in [0.1, 0.15) is 6.42 Å². The number of hydrogen-bond acceptors (Lipinski definition) is 6. The summed E-state index contributed by atoms with van der Waals surface area (Å²) in [5, 5.41) is 8.36. The van der Waals surface area contributed by atoms with Gasteiger partial charge < -0.3 is 4.74 Å². The van der Waals surface area contributed by atoms with Crippen LogP contribution >= 0.6 is 0 Å². The van der Waals surface area contributed by atoms with Gasteiger partial charge in [-0.25, -0.2) is 13.4 Å². The third-order valence-corrected chi connectivity index (χ3v) is 6.37. The molecule has 0 aliphatic carbocycles. The molecule has 1 fully saturated rings. The van der Waals surface area contributed by atoms with Crippen LogP contribution in [0.2, 0.25) is 0 Å². The maximum Gasteiger partial charge on any atom is 0.166 e. The van der Waals surface area contributed by atoms with E-state index in [1.807, 2.05) is 41.2 Å². The molecule has 2 aromatic heterocycles. The smallest absolute Gasteiger partial charge is 0.166 e. The van der Waals surface area contributed by atoms with E-state index in [1.54, 1.807) is 18.0 Å². The predicted molar refractivity (Wildman–Crippen MR) is 95.9 cm³/mol. The number of hydrogen-bond donors (Lipinski definition) is 0. The summed E-state index contributed by atoms with van der Waals surface area (Å²) in [7, 11) is -1.26. The highest BCUT2D eigenvalue weighted by atomic mass is 32.2. The lowest BCUT2D eigenvalue weighted by Crippen LogP contribution is -2.12. The van der Waals surface area contributed by atoms with Crippen molar-refractivity contribution in [2.45, 2.75) is 13.0 Å². The molecule has 1 aliphatic heterocycles. The van der Waals surface area contributed by atoms with Gasteiger partial charge in [-0.05, 0) is 36.6 Å². The van der Waals surface area contributed by atoms with Crippen molar-refractivity contribution in [2.75, 3.05) is 18.6 Å². The van der Waals surface area contributed by atoms with Gasteiger partial charge in [0.15, 0.2) is 15.7 Å². The van der Waals surface area contributed by atoms with Gasteiger partial charge in [0.2, 0.25) is 0 Å². The second-order valence-corrected chi connectivity index (χ2v) is 8.64. The van der Waals surface area contributed by atoms with E-state index in [0.717, 1.165) is 11.4 Å². The molecule has 3 aromatic rings. The molecule has 0 amide bonds. The molecule has 1 aromatic carbocycles. The zero-order chi connectivity index (χ0) is 18.1. The van der Waals surface area contributed by atoms with Gasteiger partial charge in [-0.2, -0.15) is 0 Å². The van der Waals surface area contributed by atoms with Crippen molar-refractivity contribution in [3.63, 3.8) is 0 Å². The molecule has 26 heavy (non-hydrogen) atoms. The van der Waals surface area contributed by atoms with Gasteiger partial charge >= 0.3 is 0 Å². The van der Waals surface area contributed by atoms with Crippen molar-refractivity contribution >= 4 is 9.84 Å². The van der Waals surface area contributed by atoms with Crippen molar-refractivity contribution in [1.29, 1.82) is 0 Å². The summed E-state index contributed by atoms with van der Waals surface area (Å²) in [5.74, 6) is 2.05. The molecule has 0 spiro atoms. The molecular weight excluding hydrogens is 354 g/mol. The number of ether oxygens (including phenoxy) is 1. The van der Waals surface area contributed by atoms with E-state index in [9.17, 15) is 8.42 Å². The van der Waals surface area contributed by atoms with Crippen LogP contribution in [0.3, 0.4) is 0 Å². The van der Waals surface area contributed by atoms with Gasteiger partial charge in [0, 0.05) is 24.6 Å². The second-order valence-electron chi connectivity index (χ2n) is 6.41. The molecular formula is C17H19N5O3S. The van der Waals surface area contributed by atoms with Crippen molar-refractivity contribution in [1.82, 2.24) is 24.5 Å². The zero-order valence-electron chi connectivity index (χ0n) is 14.3. The first kappa shape index (κ1) is 16.8. The number of sulfone groups is 1. The Hall–Kier alpha value is -2.68. The summed E-state index contributed by atoms with van der Waals surface area (Å²) in [6.07, 6.45) is 6.06. The third kappa shape index (κ3) is 3.34. The summed E-state index contributed by atoms with van der Waals surface area (Å²) < 4.78 is 32.0. The normalized spacial score (nSPS) is 18.9. The van der Waals surface area contributed by atoms with Crippen LogP contribution in [-0.4, -0.2) is 51.6 Å². The van der Waals surface area contributed by atoms with Gasteiger partial charge in [-0.15, -0.1) is 5.10 Å². The van der Waals surface area contributed by atoms with E-state index in [4.69, 9.17) is 4.74 Å². The maximum absolute atomic E-state index is 11.6. The SMILES string of the molecule is COc1ccc(-n2ccnc2-c2cn(C[C@@H]3CCS(=O)(=O)C3)nn2)cc1. The number of imidazole rings is 1. The van der Waals surface area contributed by atoms with Crippen LogP contribution in [0.15, 0.2) is 42.9 Å². The molecule has 1 saturated heterocycles. The Morgan fingerprint density at radius 1 is 1.27 bits per heavy atom. The van der Waals surface area contributed by atoms with E-state index in [-0.39, 0.29) is 17.4 Å². The Labute approximate surface area is 151 Å². The zero-order valence-corrected chi connectivity index (χ0v) is 15.1. The number of methoxy groups -OCH3 is 1. The first-order chi connectivity index (χ1) is 12.5. The molecule has 8 nitrogen and oxygen atoms in total. The summed E-state index contributed by atoms with van der Waals surface area (Å²) in [4.78, 5) is 4.39. The average molecular weight is 373 g/mol. The summed E-state index contributed by atoms with van der Waals surface area (Å²) in [6, 6.07) is 7.66. The van der Waals surface area contributed by atoms with Gasteiger partial charge in [0.25, 0.3) is 0 Å². The third-order valence-electron chi connectivity index (χ3n) is 4.53.